The highest BCUT2D eigenvalue weighted by atomic mass is 32.2. The molecule has 5 nitrogen and oxygen atoms in total. The number of rotatable bonds is 6. The highest BCUT2D eigenvalue weighted by Crippen LogP contribution is 2.30. The summed E-state index contributed by atoms with van der Waals surface area (Å²) < 4.78 is 26.6. The molecule has 4 rings (SSSR count). The van der Waals surface area contributed by atoms with E-state index >= 15 is 0 Å². The average Bonchev–Trinajstić information content (AvgIpc) is 3.16. The van der Waals surface area contributed by atoms with E-state index in [0.29, 0.717) is 5.13 Å². The second-order valence-corrected chi connectivity index (χ2v) is 10.0. The van der Waals surface area contributed by atoms with Crippen molar-refractivity contribution in [2.24, 2.45) is 0 Å². The molecule has 30 heavy (non-hydrogen) atoms. The van der Waals surface area contributed by atoms with Gasteiger partial charge in [0.15, 0.2) is 15.0 Å². The summed E-state index contributed by atoms with van der Waals surface area (Å²) in [6, 6.07) is 23.6. The molecule has 0 saturated carbocycles. The maximum absolute atomic E-state index is 13.2. The zero-order valence-electron chi connectivity index (χ0n) is 16.4. The molecule has 0 aliphatic heterocycles. The minimum atomic E-state index is -3.77. The van der Waals surface area contributed by atoms with Crippen LogP contribution in [0.5, 0.6) is 0 Å². The molecule has 3 aromatic carbocycles. The third kappa shape index (κ3) is 4.42. The van der Waals surface area contributed by atoms with Crippen molar-refractivity contribution in [3.05, 3.63) is 90.0 Å². The molecule has 7 heteroatoms. The number of para-hydroxylation sites is 1. The Kier molecular flexibility index (Phi) is 5.65. The lowest BCUT2D eigenvalue weighted by atomic mass is 10.2. The van der Waals surface area contributed by atoms with Gasteiger partial charge in [-0.05, 0) is 36.8 Å². The number of anilines is 1. The summed E-state index contributed by atoms with van der Waals surface area (Å²) in [5.74, 6) is -1.11. The number of hydrogen-bond donors (Lipinski definition) is 0. The van der Waals surface area contributed by atoms with Crippen LogP contribution in [0.25, 0.3) is 10.2 Å². The van der Waals surface area contributed by atoms with E-state index in [-0.39, 0.29) is 11.4 Å². The van der Waals surface area contributed by atoms with Crippen LogP contribution in [0.3, 0.4) is 0 Å². The number of fused-ring (bicyclic) bond motifs is 1. The topological polar surface area (TPSA) is 67.3 Å². The lowest BCUT2D eigenvalue weighted by Crippen LogP contribution is -2.35. The number of thiazole rings is 1. The van der Waals surface area contributed by atoms with E-state index in [1.165, 1.54) is 28.4 Å². The highest BCUT2D eigenvalue weighted by Gasteiger charge is 2.26. The third-order valence-corrected chi connectivity index (χ3v) is 7.37. The van der Waals surface area contributed by atoms with E-state index in [4.69, 9.17) is 0 Å². The van der Waals surface area contributed by atoms with Crippen LogP contribution in [0.2, 0.25) is 0 Å². The number of benzene rings is 3. The first kappa shape index (κ1) is 20.3. The van der Waals surface area contributed by atoms with Crippen molar-refractivity contribution >= 4 is 42.4 Å². The van der Waals surface area contributed by atoms with E-state index in [9.17, 15) is 13.2 Å². The molecule has 1 amide bonds. The first-order chi connectivity index (χ1) is 14.4. The maximum Gasteiger partial charge on any atom is 0.244 e. The van der Waals surface area contributed by atoms with Crippen LogP contribution in [-0.4, -0.2) is 25.1 Å². The van der Waals surface area contributed by atoms with Gasteiger partial charge in [-0.25, -0.2) is 13.4 Å². The summed E-state index contributed by atoms with van der Waals surface area (Å²) in [5, 5.41) is 0.490. The SMILES string of the molecule is Cc1ccc(S(=O)(=O)CC(=O)N(Cc2ccccc2)c2nc3ccccc3s2)cc1. The Morgan fingerprint density at radius 1 is 0.933 bits per heavy atom. The monoisotopic (exact) mass is 436 g/mol. The molecular weight excluding hydrogens is 416 g/mol. The van der Waals surface area contributed by atoms with Gasteiger partial charge >= 0.3 is 0 Å². The van der Waals surface area contributed by atoms with Crippen molar-refractivity contribution in [2.45, 2.75) is 18.4 Å². The Morgan fingerprint density at radius 3 is 2.30 bits per heavy atom. The second-order valence-electron chi connectivity index (χ2n) is 7.00. The number of amides is 1. The van der Waals surface area contributed by atoms with Crippen LogP contribution in [0.1, 0.15) is 11.1 Å². The summed E-state index contributed by atoms with van der Waals surface area (Å²) in [6.45, 7) is 2.14. The Morgan fingerprint density at radius 2 is 1.60 bits per heavy atom. The number of hydrogen-bond acceptors (Lipinski definition) is 5. The van der Waals surface area contributed by atoms with E-state index in [0.717, 1.165) is 21.3 Å². The van der Waals surface area contributed by atoms with Crippen LogP contribution >= 0.6 is 11.3 Å². The number of nitrogens with zero attached hydrogens (tertiary/aromatic N) is 2. The first-order valence-corrected chi connectivity index (χ1v) is 11.9. The van der Waals surface area contributed by atoms with Crippen LogP contribution in [0.4, 0.5) is 5.13 Å². The normalized spacial score (nSPS) is 11.5. The van der Waals surface area contributed by atoms with Crippen LogP contribution in [-0.2, 0) is 21.2 Å². The van der Waals surface area contributed by atoms with Crippen molar-refractivity contribution < 1.29 is 13.2 Å². The van der Waals surface area contributed by atoms with Gasteiger partial charge < -0.3 is 0 Å². The van der Waals surface area contributed by atoms with Crippen molar-refractivity contribution in [1.29, 1.82) is 0 Å². The molecule has 0 aliphatic rings. The second kappa shape index (κ2) is 8.38. The van der Waals surface area contributed by atoms with Gasteiger partial charge in [0.05, 0.1) is 21.7 Å². The van der Waals surface area contributed by atoms with Crippen molar-refractivity contribution in [2.75, 3.05) is 10.7 Å². The van der Waals surface area contributed by atoms with Gasteiger partial charge in [0, 0.05) is 0 Å². The highest BCUT2D eigenvalue weighted by molar-refractivity contribution is 7.92. The Labute approximate surface area is 179 Å². The third-order valence-electron chi connectivity index (χ3n) is 4.69. The van der Waals surface area contributed by atoms with Gasteiger partial charge in [0.2, 0.25) is 5.91 Å². The molecule has 0 spiro atoms. The van der Waals surface area contributed by atoms with Crippen LogP contribution in [0.15, 0.2) is 83.8 Å². The zero-order chi connectivity index (χ0) is 21.1. The molecule has 0 aliphatic carbocycles. The van der Waals surface area contributed by atoms with Crippen molar-refractivity contribution in [3.8, 4) is 0 Å². The fraction of sp³-hybridized carbons (Fsp3) is 0.130. The van der Waals surface area contributed by atoms with Gasteiger partial charge in [-0.2, -0.15) is 0 Å². The lowest BCUT2D eigenvalue weighted by Gasteiger charge is -2.20. The summed E-state index contributed by atoms with van der Waals surface area (Å²) in [5.41, 5.74) is 2.64. The number of aryl methyl sites for hydroxylation is 1. The molecule has 0 bridgehead atoms. The van der Waals surface area contributed by atoms with E-state index in [1.54, 1.807) is 12.1 Å². The number of sulfone groups is 1. The molecular formula is C23H20N2O3S2. The Hall–Kier alpha value is -3.03. The fourth-order valence-electron chi connectivity index (χ4n) is 3.07. The van der Waals surface area contributed by atoms with Crippen molar-refractivity contribution in [1.82, 2.24) is 4.98 Å². The van der Waals surface area contributed by atoms with Gasteiger partial charge in [-0.15, -0.1) is 0 Å². The van der Waals surface area contributed by atoms with Crippen LogP contribution < -0.4 is 4.90 Å². The molecule has 4 aromatic rings. The predicted molar refractivity (Wildman–Crippen MR) is 120 cm³/mol. The lowest BCUT2D eigenvalue weighted by molar-refractivity contribution is -0.116. The summed E-state index contributed by atoms with van der Waals surface area (Å²) in [7, 11) is -3.77. The van der Waals surface area contributed by atoms with E-state index < -0.39 is 21.5 Å². The summed E-state index contributed by atoms with van der Waals surface area (Å²) in [6.07, 6.45) is 0. The van der Waals surface area contributed by atoms with Crippen LogP contribution in [0, 0.1) is 6.92 Å². The summed E-state index contributed by atoms with van der Waals surface area (Å²) >= 11 is 1.38. The van der Waals surface area contributed by atoms with Crippen molar-refractivity contribution in [3.63, 3.8) is 0 Å². The molecule has 0 radical (unpaired) electrons. The number of aromatic nitrogens is 1. The Bertz CT molecular complexity index is 1250. The summed E-state index contributed by atoms with van der Waals surface area (Å²) in [4.78, 5) is 19.4. The number of carbonyl (C=O) groups excluding carboxylic acids is 1. The van der Waals surface area contributed by atoms with Gasteiger partial charge in [-0.1, -0.05) is 71.5 Å². The van der Waals surface area contributed by atoms with Gasteiger partial charge in [0.1, 0.15) is 5.75 Å². The van der Waals surface area contributed by atoms with Gasteiger partial charge in [0.25, 0.3) is 0 Å². The predicted octanol–water partition coefficient (Wildman–Crippen LogP) is 4.61. The fourth-order valence-corrected chi connectivity index (χ4v) is 5.25. The maximum atomic E-state index is 13.2. The largest absolute Gasteiger partial charge is 0.283 e. The van der Waals surface area contributed by atoms with E-state index in [1.807, 2.05) is 61.5 Å². The standard InChI is InChI=1S/C23H20N2O3S2/c1-17-11-13-19(14-12-17)30(27,28)16-22(26)25(15-18-7-3-2-4-8-18)23-24-20-9-5-6-10-21(20)29-23/h2-14H,15-16H2,1H3. The molecule has 0 N–H and O–H groups in total. The minimum Gasteiger partial charge on any atom is -0.283 e. The molecule has 1 heterocycles. The molecule has 152 valence electrons. The molecule has 1 aromatic heterocycles. The minimum absolute atomic E-state index is 0.144. The average molecular weight is 437 g/mol. The molecule has 0 unspecified atom stereocenters. The zero-order valence-corrected chi connectivity index (χ0v) is 18.0. The molecule has 0 fully saturated rings. The molecule has 0 atom stereocenters. The van der Waals surface area contributed by atoms with Gasteiger partial charge in [-0.3, -0.25) is 9.69 Å². The number of carbonyl (C=O) groups is 1. The van der Waals surface area contributed by atoms with E-state index in [2.05, 4.69) is 4.98 Å². The smallest absolute Gasteiger partial charge is 0.244 e. The quantitative estimate of drug-likeness (QED) is 0.443. The molecule has 0 saturated heterocycles. The Balaban J connectivity index is 1.67. The first-order valence-electron chi connectivity index (χ1n) is 9.42.